The number of rotatable bonds is 7. The number of amides is 1. The minimum absolute atomic E-state index is 0.165. The molecule has 0 aromatic heterocycles. The van der Waals surface area contributed by atoms with Crippen LogP contribution >= 0.6 is 0 Å². The van der Waals surface area contributed by atoms with E-state index in [1.54, 1.807) is 6.07 Å². The van der Waals surface area contributed by atoms with Crippen molar-refractivity contribution in [3.8, 4) is 5.75 Å². The second-order valence-corrected chi connectivity index (χ2v) is 6.83. The van der Waals surface area contributed by atoms with E-state index in [2.05, 4.69) is 5.32 Å². The Labute approximate surface area is 160 Å². The molecule has 0 aliphatic carbocycles. The molecule has 0 spiro atoms. The Balaban J connectivity index is 1.76. The molecule has 0 fully saturated rings. The fourth-order valence-electron chi connectivity index (χ4n) is 2.53. The standard InChI is InChI=1S/C22H27NO4/c1-14-6-8-19(10-16(14)3)18(5)23-21(24)12-27-22(25)13-26-20-9-7-15(2)17(4)11-20/h6-11,18H,12-13H2,1-5H3,(H,23,24)/t18-/m1/s1. The quantitative estimate of drug-likeness (QED) is 0.756. The van der Waals surface area contributed by atoms with E-state index in [0.717, 1.165) is 16.7 Å². The van der Waals surface area contributed by atoms with Crippen molar-refractivity contribution in [3.05, 3.63) is 64.2 Å². The fourth-order valence-corrected chi connectivity index (χ4v) is 2.53. The van der Waals surface area contributed by atoms with Crippen LogP contribution in [0.3, 0.4) is 0 Å². The zero-order valence-electron chi connectivity index (χ0n) is 16.6. The lowest BCUT2D eigenvalue weighted by molar-refractivity contribution is -0.150. The average molecular weight is 369 g/mol. The van der Waals surface area contributed by atoms with Gasteiger partial charge in [0.25, 0.3) is 5.91 Å². The molecule has 0 unspecified atom stereocenters. The van der Waals surface area contributed by atoms with Gasteiger partial charge in [-0.1, -0.05) is 24.3 Å². The molecule has 0 aliphatic heterocycles. The molecule has 1 amide bonds. The fraction of sp³-hybridized carbons (Fsp3) is 0.364. The number of ether oxygens (including phenoxy) is 2. The largest absolute Gasteiger partial charge is 0.482 e. The van der Waals surface area contributed by atoms with Gasteiger partial charge in [-0.25, -0.2) is 4.79 Å². The van der Waals surface area contributed by atoms with Crippen molar-refractivity contribution >= 4 is 11.9 Å². The van der Waals surface area contributed by atoms with Crippen LogP contribution in [0.4, 0.5) is 0 Å². The second-order valence-electron chi connectivity index (χ2n) is 6.83. The number of aryl methyl sites for hydroxylation is 4. The number of benzene rings is 2. The Morgan fingerprint density at radius 1 is 0.889 bits per heavy atom. The predicted molar refractivity (Wildman–Crippen MR) is 105 cm³/mol. The Bertz CT molecular complexity index is 829. The highest BCUT2D eigenvalue weighted by Crippen LogP contribution is 2.17. The summed E-state index contributed by atoms with van der Waals surface area (Å²) in [7, 11) is 0. The van der Waals surface area contributed by atoms with Crippen LogP contribution in [-0.4, -0.2) is 25.1 Å². The van der Waals surface area contributed by atoms with Gasteiger partial charge in [0.15, 0.2) is 13.2 Å². The van der Waals surface area contributed by atoms with Gasteiger partial charge in [-0.15, -0.1) is 0 Å². The summed E-state index contributed by atoms with van der Waals surface area (Å²) in [6.07, 6.45) is 0. The van der Waals surface area contributed by atoms with Gasteiger partial charge in [0.05, 0.1) is 6.04 Å². The second kappa shape index (κ2) is 9.21. The highest BCUT2D eigenvalue weighted by Gasteiger charge is 2.13. The van der Waals surface area contributed by atoms with E-state index in [9.17, 15) is 9.59 Å². The molecule has 0 saturated carbocycles. The Hall–Kier alpha value is -2.82. The van der Waals surface area contributed by atoms with Crippen LogP contribution < -0.4 is 10.1 Å². The third-order valence-corrected chi connectivity index (χ3v) is 4.61. The number of carbonyl (C=O) groups is 2. The average Bonchev–Trinajstić information content (AvgIpc) is 2.63. The van der Waals surface area contributed by atoms with Gasteiger partial charge >= 0.3 is 5.97 Å². The lowest BCUT2D eigenvalue weighted by Gasteiger charge is -2.16. The maximum Gasteiger partial charge on any atom is 0.344 e. The number of nitrogens with one attached hydrogen (secondary N) is 1. The monoisotopic (exact) mass is 369 g/mol. The molecule has 144 valence electrons. The number of hydrogen-bond donors (Lipinski definition) is 1. The predicted octanol–water partition coefficient (Wildman–Crippen LogP) is 3.72. The van der Waals surface area contributed by atoms with Crippen LogP contribution in [0.25, 0.3) is 0 Å². The molecular weight excluding hydrogens is 342 g/mol. The van der Waals surface area contributed by atoms with Crippen molar-refractivity contribution in [1.29, 1.82) is 0 Å². The third-order valence-electron chi connectivity index (χ3n) is 4.61. The van der Waals surface area contributed by atoms with E-state index in [4.69, 9.17) is 9.47 Å². The van der Waals surface area contributed by atoms with E-state index in [1.165, 1.54) is 11.1 Å². The minimum Gasteiger partial charge on any atom is -0.482 e. The summed E-state index contributed by atoms with van der Waals surface area (Å²) in [5, 5.41) is 2.83. The maximum absolute atomic E-state index is 12.0. The normalized spacial score (nSPS) is 11.6. The number of hydrogen-bond acceptors (Lipinski definition) is 4. The molecule has 5 nitrogen and oxygen atoms in total. The molecule has 27 heavy (non-hydrogen) atoms. The zero-order valence-corrected chi connectivity index (χ0v) is 16.6. The van der Waals surface area contributed by atoms with E-state index in [0.29, 0.717) is 5.75 Å². The Kier molecular flexibility index (Phi) is 6.99. The summed E-state index contributed by atoms with van der Waals surface area (Å²) < 4.78 is 10.4. The smallest absolute Gasteiger partial charge is 0.344 e. The van der Waals surface area contributed by atoms with Gasteiger partial charge in [-0.2, -0.15) is 0 Å². The molecule has 1 atom stereocenters. The van der Waals surface area contributed by atoms with Crippen LogP contribution in [0.2, 0.25) is 0 Å². The summed E-state index contributed by atoms with van der Waals surface area (Å²) in [4.78, 5) is 23.8. The van der Waals surface area contributed by atoms with Crippen molar-refractivity contribution < 1.29 is 19.1 Å². The van der Waals surface area contributed by atoms with Gasteiger partial charge in [0.1, 0.15) is 5.75 Å². The van der Waals surface area contributed by atoms with Crippen molar-refractivity contribution in [2.24, 2.45) is 0 Å². The number of esters is 1. The van der Waals surface area contributed by atoms with E-state index >= 15 is 0 Å². The topological polar surface area (TPSA) is 64.6 Å². The molecular formula is C22H27NO4. The van der Waals surface area contributed by atoms with Crippen molar-refractivity contribution in [2.45, 2.75) is 40.7 Å². The first kappa shape index (κ1) is 20.5. The van der Waals surface area contributed by atoms with Crippen LogP contribution in [0.15, 0.2) is 36.4 Å². The first-order valence-electron chi connectivity index (χ1n) is 8.98. The van der Waals surface area contributed by atoms with Gasteiger partial charge in [0, 0.05) is 0 Å². The summed E-state index contributed by atoms with van der Waals surface area (Å²) in [5.41, 5.74) is 5.62. The van der Waals surface area contributed by atoms with Gasteiger partial charge < -0.3 is 14.8 Å². The van der Waals surface area contributed by atoms with Crippen molar-refractivity contribution in [3.63, 3.8) is 0 Å². The minimum atomic E-state index is -0.581. The van der Waals surface area contributed by atoms with Crippen LogP contribution in [0, 0.1) is 27.7 Å². The highest BCUT2D eigenvalue weighted by atomic mass is 16.6. The molecule has 5 heteroatoms. The summed E-state index contributed by atoms with van der Waals surface area (Å²) in [5.74, 6) is -0.328. The van der Waals surface area contributed by atoms with E-state index < -0.39 is 5.97 Å². The van der Waals surface area contributed by atoms with Crippen LogP contribution in [0.5, 0.6) is 5.75 Å². The van der Waals surface area contributed by atoms with E-state index in [-0.39, 0.29) is 25.2 Å². The van der Waals surface area contributed by atoms with Crippen LogP contribution in [0.1, 0.15) is 40.8 Å². The molecule has 0 bridgehead atoms. The van der Waals surface area contributed by atoms with Gasteiger partial charge in [-0.05, 0) is 74.6 Å². The lowest BCUT2D eigenvalue weighted by atomic mass is 10.0. The first-order valence-corrected chi connectivity index (χ1v) is 8.98. The van der Waals surface area contributed by atoms with Gasteiger partial charge in [0.2, 0.25) is 0 Å². The zero-order chi connectivity index (χ0) is 20.0. The maximum atomic E-state index is 12.0. The lowest BCUT2D eigenvalue weighted by Crippen LogP contribution is -2.32. The molecule has 0 aliphatic rings. The highest BCUT2D eigenvalue weighted by molar-refractivity contribution is 5.81. The van der Waals surface area contributed by atoms with E-state index in [1.807, 2.05) is 65.0 Å². The molecule has 1 N–H and O–H groups in total. The Morgan fingerprint density at radius 3 is 2.15 bits per heavy atom. The SMILES string of the molecule is Cc1ccc(OCC(=O)OCC(=O)N[C@H](C)c2ccc(C)c(C)c2)cc1C. The molecule has 2 aromatic carbocycles. The molecule has 0 heterocycles. The third kappa shape index (κ3) is 6.13. The molecule has 2 rings (SSSR count). The van der Waals surface area contributed by atoms with Gasteiger partial charge in [-0.3, -0.25) is 4.79 Å². The molecule has 2 aromatic rings. The summed E-state index contributed by atoms with van der Waals surface area (Å²) in [6.45, 7) is 9.39. The molecule has 0 saturated heterocycles. The Morgan fingerprint density at radius 2 is 1.52 bits per heavy atom. The van der Waals surface area contributed by atoms with Crippen molar-refractivity contribution in [1.82, 2.24) is 5.32 Å². The van der Waals surface area contributed by atoms with Crippen LogP contribution in [-0.2, 0) is 14.3 Å². The summed E-state index contributed by atoms with van der Waals surface area (Å²) in [6, 6.07) is 11.5. The number of carbonyl (C=O) groups excluding carboxylic acids is 2. The molecule has 0 radical (unpaired) electrons. The summed E-state index contributed by atoms with van der Waals surface area (Å²) >= 11 is 0. The first-order chi connectivity index (χ1) is 12.8. The van der Waals surface area contributed by atoms with Crippen molar-refractivity contribution in [2.75, 3.05) is 13.2 Å².